The predicted octanol–water partition coefficient (Wildman–Crippen LogP) is 1.99. The van der Waals surface area contributed by atoms with Crippen LogP contribution < -0.4 is 16.4 Å². The summed E-state index contributed by atoms with van der Waals surface area (Å²) < 4.78 is 1.64. The molecule has 0 atom stereocenters. The van der Waals surface area contributed by atoms with Crippen molar-refractivity contribution in [2.24, 2.45) is 5.92 Å². The largest absolute Gasteiger partial charge is 0.287 e. The first kappa shape index (κ1) is 19.5. The number of rotatable bonds is 5. The van der Waals surface area contributed by atoms with Gasteiger partial charge in [0.2, 0.25) is 11.8 Å². The fourth-order valence-corrected chi connectivity index (χ4v) is 4.15. The highest BCUT2D eigenvalue weighted by molar-refractivity contribution is 7.99. The van der Waals surface area contributed by atoms with Crippen LogP contribution in [0.5, 0.6) is 0 Å². The van der Waals surface area contributed by atoms with E-state index in [1.54, 1.807) is 4.57 Å². The van der Waals surface area contributed by atoms with E-state index >= 15 is 0 Å². The number of aromatic nitrogens is 2. The lowest BCUT2D eigenvalue weighted by Gasteiger charge is -2.14. The van der Waals surface area contributed by atoms with E-state index in [2.05, 4.69) is 15.8 Å². The van der Waals surface area contributed by atoms with Crippen molar-refractivity contribution in [3.05, 3.63) is 20.8 Å². The van der Waals surface area contributed by atoms with Crippen molar-refractivity contribution in [1.29, 1.82) is 0 Å². The molecule has 25 heavy (non-hydrogen) atoms. The fraction of sp³-hybridized carbons (Fsp3) is 0.500. The zero-order chi connectivity index (χ0) is 18.7. The van der Waals surface area contributed by atoms with Gasteiger partial charge in [-0.05, 0) is 25.3 Å². The van der Waals surface area contributed by atoms with Gasteiger partial charge < -0.3 is 0 Å². The summed E-state index contributed by atoms with van der Waals surface area (Å²) >= 11 is 2.68. The molecule has 0 aliphatic heterocycles. The van der Waals surface area contributed by atoms with Gasteiger partial charge in [-0.25, -0.2) is 4.98 Å². The molecule has 0 radical (unpaired) electrons. The standard InChI is InChI=1S/C16H22N4O3S2/c1-8(2)6-20-15(23)13-9(3)10(4)25-14(13)17-16(20)24-7-12(22)19-18-11(5)21/h8H,6-7H2,1-5H3,(H,18,21)(H,19,22). The molecule has 0 bridgehead atoms. The summed E-state index contributed by atoms with van der Waals surface area (Å²) in [6.45, 7) is 9.81. The maximum Gasteiger partial charge on any atom is 0.263 e. The predicted molar refractivity (Wildman–Crippen MR) is 101 cm³/mol. The molecule has 0 aromatic carbocycles. The van der Waals surface area contributed by atoms with Crippen LogP contribution in [0.3, 0.4) is 0 Å². The minimum Gasteiger partial charge on any atom is -0.287 e. The molecule has 0 aliphatic carbocycles. The number of fused-ring (bicyclic) bond motifs is 1. The Balaban J connectivity index is 2.35. The Kier molecular flexibility index (Phi) is 6.23. The van der Waals surface area contributed by atoms with Crippen molar-refractivity contribution in [1.82, 2.24) is 20.4 Å². The Labute approximate surface area is 154 Å². The molecular weight excluding hydrogens is 360 g/mol. The number of carbonyl (C=O) groups excluding carboxylic acids is 2. The molecule has 2 aromatic heterocycles. The first-order valence-corrected chi connectivity index (χ1v) is 9.69. The van der Waals surface area contributed by atoms with Crippen LogP contribution in [0, 0.1) is 19.8 Å². The normalized spacial score (nSPS) is 11.1. The SMILES string of the molecule is CC(=O)NNC(=O)CSc1nc2sc(C)c(C)c2c(=O)n1CC(C)C. The summed E-state index contributed by atoms with van der Waals surface area (Å²) in [6, 6.07) is 0. The Bertz CT molecular complexity index is 870. The topological polar surface area (TPSA) is 93.1 Å². The van der Waals surface area contributed by atoms with Crippen molar-refractivity contribution in [3.8, 4) is 0 Å². The zero-order valence-corrected chi connectivity index (χ0v) is 16.6. The smallest absolute Gasteiger partial charge is 0.263 e. The maximum absolute atomic E-state index is 12.9. The Morgan fingerprint density at radius 2 is 1.96 bits per heavy atom. The van der Waals surface area contributed by atoms with E-state index in [-0.39, 0.29) is 29.0 Å². The van der Waals surface area contributed by atoms with Crippen LogP contribution in [0.2, 0.25) is 0 Å². The second kappa shape index (κ2) is 8.01. The highest BCUT2D eigenvalue weighted by Crippen LogP contribution is 2.28. The number of hydrazine groups is 1. The molecule has 136 valence electrons. The van der Waals surface area contributed by atoms with Crippen LogP contribution in [-0.2, 0) is 16.1 Å². The van der Waals surface area contributed by atoms with E-state index in [0.29, 0.717) is 21.9 Å². The van der Waals surface area contributed by atoms with E-state index in [0.717, 1.165) is 10.4 Å². The molecule has 0 fully saturated rings. The number of nitrogens with zero attached hydrogens (tertiary/aromatic N) is 2. The molecule has 2 aromatic rings. The lowest BCUT2D eigenvalue weighted by atomic mass is 10.2. The third kappa shape index (κ3) is 4.60. The summed E-state index contributed by atoms with van der Waals surface area (Å²) in [5, 5.41) is 1.18. The van der Waals surface area contributed by atoms with Gasteiger partial charge in [0, 0.05) is 18.3 Å². The number of thiophene rings is 1. The van der Waals surface area contributed by atoms with Crippen molar-refractivity contribution >= 4 is 45.1 Å². The Hall–Kier alpha value is -1.87. The summed E-state index contributed by atoms with van der Waals surface area (Å²) in [5.41, 5.74) is 5.45. The van der Waals surface area contributed by atoms with Gasteiger partial charge in [-0.3, -0.25) is 29.8 Å². The van der Waals surface area contributed by atoms with E-state index in [1.807, 2.05) is 27.7 Å². The van der Waals surface area contributed by atoms with E-state index in [9.17, 15) is 14.4 Å². The van der Waals surface area contributed by atoms with Crippen LogP contribution in [-0.4, -0.2) is 27.1 Å². The van der Waals surface area contributed by atoms with Gasteiger partial charge in [-0.2, -0.15) is 0 Å². The van der Waals surface area contributed by atoms with Crippen LogP contribution in [0.1, 0.15) is 31.2 Å². The molecule has 0 saturated heterocycles. The summed E-state index contributed by atoms with van der Waals surface area (Å²) in [7, 11) is 0. The molecule has 9 heteroatoms. The molecule has 0 spiro atoms. The number of aryl methyl sites for hydroxylation is 2. The van der Waals surface area contributed by atoms with Gasteiger partial charge >= 0.3 is 0 Å². The van der Waals surface area contributed by atoms with Crippen LogP contribution >= 0.6 is 23.1 Å². The van der Waals surface area contributed by atoms with Crippen molar-refractivity contribution in [2.45, 2.75) is 46.3 Å². The molecule has 0 aliphatic rings. The number of nitrogens with one attached hydrogen (secondary N) is 2. The number of hydrogen-bond acceptors (Lipinski definition) is 6. The second-order valence-corrected chi connectivity index (χ2v) is 8.33. The van der Waals surface area contributed by atoms with E-state index in [4.69, 9.17) is 0 Å². The van der Waals surface area contributed by atoms with Gasteiger partial charge in [-0.15, -0.1) is 11.3 Å². The van der Waals surface area contributed by atoms with Gasteiger partial charge in [-0.1, -0.05) is 25.6 Å². The molecule has 2 rings (SSSR count). The zero-order valence-electron chi connectivity index (χ0n) is 14.9. The van der Waals surface area contributed by atoms with Crippen molar-refractivity contribution in [2.75, 3.05) is 5.75 Å². The lowest BCUT2D eigenvalue weighted by Crippen LogP contribution is -2.41. The Morgan fingerprint density at radius 3 is 2.56 bits per heavy atom. The van der Waals surface area contributed by atoms with Crippen LogP contribution in [0.15, 0.2) is 9.95 Å². The molecule has 0 saturated carbocycles. The number of carbonyl (C=O) groups is 2. The van der Waals surface area contributed by atoms with Gasteiger partial charge in [0.1, 0.15) is 4.83 Å². The van der Waals surface area contributed by atoms with Crippen LogP contribution in [0.25, 0.3) is 10.2 Å². The van der Waals surface area contributed by atoms with Crippen molar-refractivity contribution < 1.29 is 9.59 Å². The van der Waals surface area contributed by atoms with Gasteiger partial charge in [0.15, 0.2) is 5.16 Å². The molecular formula is C16H22N4O3S2. The van der Waals surface area contributed by atoms with E-state index in [1.165, 1.54) is 30.0 Å². The minimum atomic E-state index is -0.357. The minimum absolute atomic E-state index is 0.0552. The highest BCUT2D eigenvalue weighted by Gasteiger charge is 2.18. The number of amides is 2. The molecule has 2 amide bonds. The average molecular weight is 383 g/mol. The summed E-state index contributed by atoms with van der Waals surface area (Å²) in [6.07, 6.45) is 0. The number of hydrogen-bond donors (Lipinski definition) is 2. The number of thioether (sulfide) groups is 1. The average Bonchev–Trinajstić information content (AvgIpc) is 2.80. The lowest BCUT2D eigenvalue weighted by molar-refractivity contribution is -0.126. The van der Waals surface area contributed by atoms with E-state index < -0.39 is 0 Å². The molecule has 2 N–H and O–H groups in total. The summed E-state index contributed by atoms with van der Waals surface area (Å²) in [4.78, 5) is 42.0. The van der Waals surface area contributed by atoms with Gasteiger partial charge in [0.05, 0.1) is 11.1 Å². The Morgan fingerprint density at radius 1 is 1.28 bits per heavy atom. The van der Waals surface area contributed by atoms with Gasteiger partial charge in [0.25, 0.3) is 5.56 Å². The summed E-state index contributed by atoms with van der Waals surface area (Å²) in [5.74, 6) is -0.382. The molecule has 7 nitrogen and oxygen atoms in total. The third-order valence-corrected chi connectivity index (χ3v) is 5.59. The quantitative estimate of drug-likeness (QED) is 0.469. The van der Waals surface area contributed by atoms with Crippen LogP contribution in [0.4, 0.5) is 0 Å². The first-order chi connectivity index (χ1) is 11.7. The van der Waals surface area contributed by atoms with Crippen molar-refractivity contribution in [3.63, 3.8) is 0 Å². The highest BCUT2D eigenvalue weighted by atomic mass is 32.2. The third-order valence-electron chi connectivity index (χ3n) is 3.51. The monoisotopic (exact) mass is 382 g/mol. The second-order valence-electron chi connectivity index (χ2n) is 6.19. The molecule has 2 heterocycles. The first-order valence-electron chi connectivity index (χ1n) is 7.89. The fourth-order valence-electron chi connectivity index (χ4n) is 2.27. The maximum atomic E-state index is 12.9. The molecule has 0 unspecified atom stereocenters.